The fourth-order valence-corrected chi connectivity index (χ4v) is 8.49. The monoisotopic (exact) mass is 635 g/mol. The van der Waals surface area contributed by atoms with Crippen LogP contribution in [0, 0.1) is 5.82 Å². The molecule has 5 heterocycles. The van der Waals surface area contributed by atoms with E-state index in [1.807, 2.05) is 36.0 Å². The zero-order chi connectivity index (χ0) is 30.0. The van der Waals surface area contributed by atoms with Crippen molar-refractivity contribution in [1.82, 2.24) is 20.2 Å². The van der Waals surface area contributed by atoms with Gasteiger partial charge in [0.05, 0.1) is 23.5 Å². The number of phenolic OH excluding ortho intramolecular Hbond substituents is 1. The lowest BCUT2D eigenvalue weighted by Gasteiger charge is -2.34. The maximum atomic E-state index is 16.7. The normalized spacial score (nSPS) is 26.6. The first kappa shape index (κ1) is 28.6. The number of hydrogen-bond acceptors (Lipinski definition) is 9. The summed E-state index contributed by atoms with van der Waals surface area (Å²) in [6, 6.07) is 13.4. The van der Waals surface area contributed by atoms with Crippen molar-refractivity contribution < 1.29 is 19.0 Å². The van der Waals surface area contributed by atoms with Crippen molar-refractivity contribution in [2.45, 2.75) is 48.5 Å². The summed E-state index contributed by atoms with van der Waals surface area (Å²) in [5.41, 5.74) is 0.882. The van der Waals surface area contributed by atoms with Crippen molar-refractivity contribution >= 4 is 50.9 Å². The van der Waals surface area contributed by atoms with Crippen LogP contribution in [0.25, 0.3) is 32.8 Å². The Bertz CT molecular complexity index is 1750. The SMILES string of the molecule is C[C@@]12OCCN(CCCOc3nc(N4CC5CCC(C4)N5)c4cc(Cl)c(-c5cc(O)cc6ccccc56)c(F)c4n3)CC1S2. The van der Waals surface area contributed by atoms with Crippen molar-refractivity contribution in [2.75, 3.05) is 50.8 Å². The lowest BCUT2D eigenvalue weighted by Crippen LogP contribution is -2.51. The van der Waals surface area contributed by atoms with E-state index in [0.717, 1.165) is 69.4 Å². The van der Waals surface area contributed by atoms with Crippen molar-refractivity contribution in [2.24, 2.45) is 0 Å². The summed E-state index contributed by atoms with van der Waals surface area (Å²) in [5, 5.41) is 17.1. The van der Waals surface area contributed by atoms with E-state index in [1.165, 1.54) is 0 Å². The molecule has 4 aliphatic heterocycles. The van der Waals surface area contributed by atoms with Gasteiger partial charge in [-0.3, -0.25) is 4.90 Å². The summed E-state index contributed by atoms with van der Waals surface area (Å²) in [5.74, 6) is 0.134. The zero-order valence-corrected chi connectivity index (χ0v) is 26.1. The van der Waals surface area contributed by atoms with Crippen LogP contribution in [0.2, 0.25) is 5.02 Å². The molecule has 0 amide bonds. The van der Waals surface area contributed by atoms with Crippen LogP contribution in [0.4, 0.5) is 10.2 Å². The van der Waals surface area contributed by atoms with E-state index in [9.17, 15) is 5.11 Å². The minimum absolute atomic E-state index is 0.0133. The summed E-state index contributed by atoms with van der Waals surface area (Å²) in [6.07, 6.45) is 3.01. The quantitative estimate of drug-likeness (QED) is 0.193. The Morgan fingerprint density at radius 1 is 1.14 bits per heavy atom. The predicted molar refractivity (Wildman–Crippen MR) is 174 cm³/mol. The second-order valence-electron chi connectivity index (χ2n) is 12.5. The van der Waals surface area contributed by atoms with Gasteiger partial charge in [0.15, 0.2) is 5.82 Å². The molecule has 4 aromatic rings. The van der Waals surface area contributed by atoms with E-state index in [0.29, 0.717) is 40.7 Å². The first-order valence-corrected chi connectivity index (χ1v) is 16.7. The molecule has 2 bridgehead atoms. The van der Waals surface area contributed by atoms with E-state index >= 15 is 4.39 Å². The molecule has 44 heavy (non-hydrogen) atoms. The fraction of sp³-hybridized carbons (Fsp3) is 0.455. The number of halogens is 2. The number of aromatic hydroxyl groups is 1. The van der Waals surface area contributed by atoms with Gasteiger partial charge < -0.3 is 24.8 Å². The van der Waals surface area contributed by atoms with Crippen LogP contribution in [0.15, 0.2) is 42.5 Å². The average molecular weight is 636 g/mol. The first-order chi connectivity index (χ1) is 21.3. The molecule has 0 spiro atoms. The van der Waals surface area contributed by atoms with Crippen LogP contribution in [-0.2, 0) is 4.74 Å². The number of aromatic nitrogens is 2. The molecule has 3 aromatic carbocycles. The second kappa shape index (κ2) is 11.2. The molecule has 11 heteroatoms. The Morgan fingerprint density at radius 3 is 2.80 bits per heavy atom. The third-order valence-corrected chi connectivity index (χ3v) is 11.2. The summed E-state index contributed by atoms with van der Waals surface area (Å²) in [7, 11) is 0. The standard InChI is InChI=1S/C33H35ClFN5O3S/c1-33-27(44-33)18-39(10-12-43-33)9-4-11-42-32-37-30-25(31(38-32)40-16-20-7-8-21(17-40)36-20)15-26(34)28(29(30)35)24-14-22(41)13-19-5-2-3-6-23(19)24/h2-3,5-6,13-15,20-21,27,36,41H,4,7-12,16-18H2,1H3/t20?,21?,27?,33-/m0/s1. The summed E-state index contributed by atoms with van der Waals surface area (Å²) >= 11 is 8.77. The van der Waals surface area contributed by atoms with E-state index in [4.69, 9.17) is 26.1 Å². The Hall–Kier alpha value is -2.89. The minimum Gasteiger partial charge on any atom is -0.508 e. The number of hydrogen-bond donors (Lipinski definition) is 2. The number of rotatable bonds is 7. The van der Waals surface area contributed by atoms with Crippen LogP contribution in [0.3, 0.4) is 0 Å². The molecule has 4 atom stereocenters. The number of piperazine rings is 1. The number of nitrogens with zero attached hydrogens (tertiary/aromatic N) is 4. The number of nitrogens with one attached hydrogen (secondary N) is 1. The van der Waals surface area contributed by atoms with Gasteiger partial charge in [-0.2, -0.15) is 9.97 Å². The Labute approximate surface area is 264 Å². The molecular formula is C33H35ClFN5O3S. The van der Waals surface area contributed by atoms with Gasteiger partial charge in [0, 0.05) is 55.8 Å². The molecule has 8 nitrogen and oxygen atoms in total. The molecule has 0 aliphatic carbocycles. The van der Waals surface area contributed by atoms with Crippen LogP contribution in [0.1, 0.15) is 26.2 Å². The number of anilines is 1. The van der Waals surface area contributed by atoms with Crippen molar-refractivity contribution in [3.05, 3.63) is 53.3 Å². The van der Waals surface area contributed by atoms with Gasteiger partial charge in [0.2, 0.25) is 0 Å². The van der Waals surface area contributed by atoms with Gasteiger partial charge in [0.25, 0.3) is 0 Å². The van der Waals surface area contributed by atoms with E-state index < -0.39 is 5.82 Å². The van der Waals surface area contributed by atoms with Crippen LogP contribution >= 0.6 is 23.4 Å². The van der Waals surface area contributed by atoms with Crippen molar-refractivity contribution in [3.63, 3.8) is 0 Å². The number of ether oxygens (including phenoxy) is 2. The number of phenols is 1. The Morgan fingerprint density at radius 2 is 1.95 bits per heavy atom. The maximum absolute atomic E-state index is 16.7. The largest absolute Gasteiger partial charge is 0.508 e. The minimum atomic E-state index is -0.551. The highest BCUT2D eigenvalue weighted by molar-refractivity contribution is 8.08. The third-order valence-electron chi connectivity index (χ3n) is 9.45. The first-order valence-electron chi connectivity index (χ1n) is 15.4. The molecule has 230 valence electrons. The van der Waals surface area contributed by atoms with Gasteiger partial charge in [-0.1, -0.05) is 35.9 Å². The van der Waals surface area contributed by atoms with E-state index in [-0.39, 0.29) is 32.8 Å². The van der Waals surface area contributed by atoms with Crippen LogP contribution in [-0.4, -0.2) is 88.2 Å². The molecule has 4 fully saturated rings. The summed E-state index contributed by atoms with van der Waals surface area (Å²) < 4.78 is 28.9. The van der Waals surface area contributed by atoms with Crippen molar-refractivity contribution in [3.8, 4) is 22.9 Å². The zero-order valence-electron chi connectivity index (χ0n) is 24.6. The molecule has 3 unspecified atom stereocenters. The highest BCUT2D eigenvalue weighted by atomic mass is 35.5. The smallest absolute Gasteiger partial charge is 0.319 e. The topological polar surface area (TPSA) is 83.0 Å². The van der Waals surface area contributed by atoms with Gasteiger partial charge in [0.1, 0.15) is 22.0 Å². The van der Waals surface area contributed by atoms with Gasteiger partial charge in [-0.15, -0.1) is 11.8 Å². The Kier molecular flexibility index (Phi) is 7.25. The lowest BCUT2D eigenvalue weighted by atomic mass is 9.96. The fourth-order valence-electron chi connectivity index (χ4n) is 7.12. The molecule has 0 saturated carbocycles. The second-order valence-corrected chi connectivity index (χ2v) is 14.5. The average Bonchev–Trinajstić information content (AvgIpc) is 3.56. The van der Waals surface area contributed by atoms with Crippen molar-refractivity contribution in [1.29, 1.82) is 0 Å². The van der Waals surface area contributed by atoms with E-state index in [1.54, 1.807) is 18.2 Å². The number of fused-ring (bicyclic) bond motifs is 5. The maximum Gasteiger partial charge on any atom is 0.319 e. The van der Waals surface area contributed by atoms with E-state index in [2.05, 4.69) is 27.0 Å². The van der Waals surface area contributed by atoms with Gasteiger partial charge in [-0.25, -0.2) is 4.39 Å². The molecule has 1 aromatic heterocycles. The van der Waals surface area contributed by atoms with Crippen LogP contribution < -0.4 is 15.0 Å². The van der Waals surface area contributed by atoms with Crippen LogP contribution in [0.5, 0.6) is 11.8 Å². The number of thioether (sulfide) groups is 1. The molecular weight excluding hydrogens is 601 g/mol. The number of benzene rings is 3. The molecule has 2 N–H and O–H groups in total. The highest BCUT2D eigenvalue weighted by Crippen LogP contribution is 2.55. The Balaban J connectivity index is 1.14. The van der Waals surface area contributed by atoms with Gasteiger partial charge in [-0.05, 0) is 60.7 Å². The molecule has 4 saturated heterocycles. The third kappa shape index (κ3) is 5.24. The lowest BCUT2D eigenvalue weighted by molar-refractivity contribution is 0.0722. The predicted octanol–water partition coefficient (Wildman–Crippen LogP) is 5.82. The van der Waals surface area contributed by atoms with Gasteiger partial charge >= 0.3 is 6.01 Å². The molecule has 0 radical (unpaired) electrons. The summed E-state index contributed by atoms with van der Waals surface area (Å²) in [6.45, 7) is 7.69. The summed E-state index contributed by atoms with van der Waals surface area (Å²) in [4.78, 5) is 14.1. The molecule has 4 aliphatic rings. The highest BCUT2D eigenvalue weighted by Gasteiger charge is 2.54. The molecule has 8 rings (SSSR count).